The van der Waals surface area contributed by atoms with Gasteiger partial charge in [-0.3, -0.25) is 0 Å². The van der Waals surface area contributed by atoms with E-state index in [1.807, 2.05) is 18.2 Å². The van der Waals surface area contributed by atoms with Crippen molar-refractivity contribution in [2.75, 3.05) is 10.6 Å². The lowest BCUT2D eigenvalue weighted by Crippen LogP contribution is -2.44. The highest BCUT2D eigenvalue weighted by atomic mass is 127. The number of benzene rings is 2. The van der Waals surface area contributed by atoms with Crippen molar-refractivity contribution in [3.8, 4) is 22.5 Å². The summed E-state index contributed by atoms with van der Waals surface area (Å²) in [5, 5.41) is 1.62. The molecule has 0 fully saturated rings. The highest BCUT2D eigenvalue weighted by Crippen LogP contribution is 2.32. The molecule has 4 heterocycles. The average molecular weight is 1180 g/mol. The average Bonchev–Trinajstić information content (AvgIpc) is 3.21. The summed E-state index contributed by atoms with van der Waals surface area (Å²) in [6.07, 6.45) is -0.756. The fraction of sp³-hybridized carbons (Fsp3) is 0.360. The van der Waals surface area contributed by atoms with E-state index in [-0.39, 0.29) is 17.2 Å². The fourth-order valence-corrected chi connectivity index (χ4v) is 6.58. The van der Waals surface area contributed by atoms with Gasteiger partial charge in [0.1, 0.15) is 50.9 Å². The molecule has 6 rings (SSSR count). The van der Waals surface area contributed by atoms with Crippen LogP contribution in [0.3, 0.4) is 0 Å². The Morgan fingerprint density at radius 1 is 0.594 bits per heavy atom. The molecule has 0 bridgehead atoms. The lowest BCUT2D eigenvalue weighted by atomic mass is 10.1. The zero-order valence-corrected chi connectivity index (χ0v) is 45.1. The van der Waals surface area contributed by atoms with Gasteiger partial charge in [0.15, 0.2) is 5.82 Å². The van der Waals surface area contributed by atoms with Gasteiger partial charge >= 0.3 is 24.5 Å². The fourth-order valence-electron chi connectivity index (χ4n) is 5.43. The van der Waals surface area contributed by atoms with Crippen LogP contribution in [0.15, 0.2) is 85.2 Å². The molecular formula is C50H58F2I2N6O9. The van der Waals surface area contributed by atoms with Gasteiger partial charge in [-0.2, -0.15) is 4.90 Å². The molecule has 0 spiro atoms. The second kappa shape index (κ2) is 24.1. The van der Waals surface area contributed by atoms with Gasteiger partial charge in [-0.25, -0.2) is 47.9 Å². The number of hydrogen-bond acceptors (Lipinski definition) is 14. The number of rotatable bonds is 3. The maximum absolute atomic E-state index is 13.8. The number of nitrogens with zero attached hydrogens (tertiary/aromatic N) is 5. The number of halogens is 4. The Hall–Kier alpha value is -5.84. The van der Waals surface area contributed by atoms with E-state index in [0.717, 1.165) is 23.0 Å². The summed E-state index contributed by atoms with van der Waals surface area (Å²) < 4.78 is 59.7. The number of pyridine rings is 4. The molecule has 4 aromatic heterocycles. The van der Waals surface area contributed by atoms with Crippen LogP contribution in [0.1, 0.15) is 98.3 Å². The number of hydrogen-bond donors (Lipinski definition) is 1. The first kappa shape index (κ1) is 55.8. The molecule has 15 nitrogen and oxygen atoms in total. The van der Waals surface area contributed by atoms with Gasteiger partial charge in [-0.05, 0) is 177 Å². The Morgan fingerprint density at radius 2 is 0.971 bits per heavy atom. The number of ether oxygens (including phenoxy) is 5. The van der Waals surface area contributed by atoms with E-state index in [9.17, 15) is 28.0 Å². The summed E-state index contributed by atoms with van der Waals surface area (Å²) in [4.78, 5) is 66.5. The third kappa shape index (κ3) is 18.5. The minimum atomic E-state index is -1.06. The molecule has 0 aliphatic carbocycles. The Morgan fingerprint density at radius 3 is 1.36 bits per heavy atom. The largest absolute Gasteiger partial charge is 0.519 e. The van der Waals surface area contributed by atoms with E-state index in [1.54, 1.807) is 127 Å². The van der Waals surface area contributed by atoms with Gasteiger partial charge in [0, 0.05) is 42.8 Å². The zero-order chi connectivity index (χ0) is 52.9. The third-order valence-electron chi connectivity index (χ3n) is 7.93. The molecule has 370 valence electrons. The standard InChI is InChI=1S/C24H25FIN3O4.C14H9FIN3.C10H18O5.C2H6/c1-23(2,3)32-21(30)29(22(31)33-24(4,5)6)20-19-16(17(26)13-27-20)10-11-18(28-19)14-8-7-9-15(25)12-14;15-9-3-1-2-8(6-9)12-5-4-10-11(16)7-18-14(17)13(10)19-12;1-9(2,3)14-7(11)13-8(12)15-10(4,5)6;1-2/h7-13H,1-6H3;1-7H,(H2,17,18);1-6H3;1-2H3/i;;;1D. The summed E-state index contributed by atoms with van der Waals surface area (Å²) in [6.45, 7) is 22.5. The first-order chi connectivity index (χ1) is 32.3. The normalized spacial score (nSPS) is 11.5. The van der Waals surface area contributed by atoms with Crippen LogP contribution in [0.5, 0.6) is 0 Å². The van der Waals surface area contributed by atoms with E-state index in [2.05, 4.69) is 69.9 Å². The van der Waals surface area contributed by atoms with E-state index in [4.69, 9.17) is 26.1 Å². The Labute approximate surface area is 429 Å². The zero-order valence-electron chi connectivity index (χ0n) is 41.8. The quantitative estimate of drug-likeness (QED) is 0.0760. The lowest BCUT2D eigenvalue weighted by Gasteiger charge is -2.28. The molecule has 0 unspecified atom stereocenters. The molecule has 0 aliphatic rings. The topological polar surface area (TPSA) is 195 Å². The first-order valence-electron chi connectivity index (χ1n) is 21.9. The second-order valence-electron chi connectivity index (χ2n) is 18.5. The summed E-state index contributed by atoms with van der Waals surface area (Å²) in [5.41, 5.74) is 6.06. The number of amides is 2. The summed E-state index contributed by atoms with van der Waals surface area (Å²) in [7, 11) is 0. The summed E-state index contributed by atoms with van der Waals surface area (Å²) >= 11 is 4.28. The number of anilines is 2. The molecular weight excluding hydrogens is 1120 g/mol. The van der Waals surface area contributed by atoms with Crippen molar-refractivity contribution < 1.29 is 53.0 Å². The van der Waals surface area contributed by atoms with Crippen molar-refractivity contribution in [1.82, 2.24) is 19.9 Å². The molecule has 0 saturated heterocycles. The molecule has 0 saturated carbocycles. The van der Waals surface area contributed by atoms with Gasteiger partial charge in [-0.1, -0.05) is 38.1 Å². The Kier molecular flexibility index (Phi) is 19.5. The van der Waals surface area contributed by atoms with Crippen molar-refractivity contribution in [2.45, 2.75) is 119 Å². The molecule has 2 amide bonds. The molecule has 6 aromatic rings. The van der Waals surface area contributed by atoms with Crippen molar-refractivity contribution in [2.24, 2.45) is 0 Å². The van der Waals surface area contributed by atoms with Crippen LogP contribution in [0.25, 0.3) is 44.3 Å². The minimum absolute atomic E-state index is 0.0350. The van der Waals surface area contributed by atoms with Crippen molar-refractivity contribution in [3.05, 3.63) is 104 Å². The van der Waals surface area contributed by atoms with Gasteiger partial charge in [0.05, 0.1) is 11.4 Å². The predicted octanol–water partition coefficient (Wildman–Crippen LogP) is 14.2. The van der Waals surface area contributed by atoms with Crippen molar-refractivity contribution in [1.29, 1.82) is 0 Å². The van der Waals surface area contributed by atoms with Crippen LogP contribution in [0.4, 0.5) is 39.6 Å². The predicted molar refractivity (Wildman–Crippen MR) is 280 cm³/mol. The smallest absolute Gasteiger partial charge is 0.443 e. The molecule has 0 radical (unpaired) electrons. The number of aromatic nitrogens is 4. The van der Waals surface area contributed by atoms with Gasteiger partial charge < -0.3 is 29.4 Å². The van der Waals surface area contributed by atoms with E-state index < -0.39 is 52.7 Å². The number of nitrogen functional groups attached to an aromatic ring is 1. The number of carbonyl (C=O) groups excluding carboxylic acids is 4. The number of nitrogens with two attached hydrogens (primary N) is 1. The number of fused-ring (bicyclic) bond motifs is 2. The molecule has 19 heteroatoms. The van der Waals surface area contributed by atoms with Crippen LogP contribution in [-0.2, 0) is 23.7 Å². The molecule has 0 aliphatic heterocycles. The highest BCUT2D eigenvalue weighted by molar-refractivity contribution is 14.1. The summed E-state index contributed by atoms with van der Waals surface area (Å²) in [6, 6.07) is 19.7. The molecule has 0 atom stereocenters. The molecule has 69 heavy (non-hydrogen) atoms. The third-order valence-corrected chi connectivity index (χ3v) is 9.65. The first-order valence-corrected chi connectivity index (χ1v) is 23.3. The van der Waals surface area contributed by atoms with E-state index in [0.29, 0.717) is 40.6 Å². The summed E-state index contributed by atoms with van der Waals surface area (Å²) in [5.74, 6) is -0.339. The van der Waals surface area contributed by atoms with Crippen LogP contribution in [0, 0.1) is 18.8 Å². The maximum Gasteiger partial charge on any atom is 0.519 e. The van der Waals surface area contributed by atoms with Crippen molar-refractivity contribution in [3.63, 3.8) is 0 Å². The van der Waals surface area contributed by atoms with Gasteiger partial charge in [-0.15, -0.1) is 0 Å². The van der Waals surface area contributed by atoms with Gasteiger partial charge in [0.25, 0.3) is 0 Å². The van der Waals surface area contributed by atoms with Crippen molar-refractivity contribution >= 4 is 103 Å². The minimum Gasteiger partial charge on any atom is -0.443 e. The van der Waals surface area contributed by atoms with Crippen LogP contribution >= 0.6 is 45.2 Å². The maximum atomic E-state index is 13.8. The monoisotopic (exact) mass is 1180 g/mol. The van der Waals surface area contributed by atoms with Crippen LogP contribution in [0.2, 0.25) is 0 Å². The van der Waals surface area contributed by atoms with Gasteiger partial charge in [0.2, 0.25) is 0 Å². The van der Waals surface area contributed by atoms with E-state index in [1.165, 1.54) is 30.5 Å². The Bertz CT molecular complexity index is 2760. The number of imide groups is 1. The SMILES string of the molecule is CC(C)(C)OC(=O)N(C(=O)OC(C)(C)C)c1ncc(I)c2ccc(-c3cccc(F)c3)nc12.CC(C)(C)OC(=O)OC(=O)OC(C)(C)C.Nc1ncc(I)c2ccc(-c3cccc(F)c3)nc12.[2H]CC. The lowest BCUT2D eigenvalue weighted by molar-refractivity contribution is -0.0294. The second-order valence-corrected chi connectivity index (χ2v) is 20.8. The van der Waals surface area contributed by atoms with Crippen LogP contribution in [-0.4, -0.2) is 66.8 Å². The number of carbonyl (C=O) groups is 4. The molecule has 2 N–H and O–H groups in total. The highest BCUT2D eigenvalue weighted by Gasteiger charge is 2.35. The van der Waals surface area contributed by atoms with Crippen LogP contribution < -0.4 is 10.6 Å². The Balaban J connectivity index is 0.000000296. The van der Waals surface area contributed by atoms with E-state index >= 15 is 0 Å². The molecule has 2 aromatic carbocycles.